The van der Waals surface area contributed by atoms with Crippen molar-refractivity contribution in [1.29, 1.82) is 0 Å². The summed E-state index contributed by atoms with van der Waals surface area (Å²) >= 11 is 0. The number of carbonyl (C=O) groups excluding carboxylic acids is 1. The van der Waals surface area contributed by atoms with Crippen LogP contribution in [0.5, 0.6) is 0 Å². The molecule has 0 bridgehead atoms. The molecule has 6 nitrogen and oxygen atoms in total. The van der Waals surface area contributed by atoms with Gasteiger partial charge in [0.1, 0.15) is 11.7 Å². The van der Waals surface area contributed by atoms with Crippen LogP contribution in [0.4, 0.5) is 0 Å². The van der Waals surface area contributed by atoms with Crippen molar-refractivity contribution in [2.45, 2.75) is 12.6 Å². The molecule has 0 saturated carbocycles. The first-order chi connectivity index (χ1) is 8.70. The molecule has 1 atom stereocenters. The Labute approximate surface area is 104 Å². The van der Waals surface area contributed by atoms with Gasteiger partial charge in [0, 0.05) is 5.56 Å². The van der Waals surface area contributed by atoms with Gasteiger partial charge in [-0.1, -0.05) is 35.5 Å². The first-order valence-electron chi connectivity index (χ1n) is 5.49. The van der Waals surface area contributed by atoms with E-state index in [2.05, 4.69) is 15.0 Å². The van der Waals surface area contributed by atoms with Gasteiger partial charge in [0.15, 0.2) is 0 Å². The topological polar surface area (TPSA) is 83.0 Å². The van der Waals surface area contributed by atoms with Crippen molar-refractivity contribution in [3.05, 3.63) is 36.5 Å². The molecular weight excluding hydrogens is 232 g/mol. The average molecular weight is 246 g/mol. The first kappa shape index (κ1) is 12.3. The predicted octanol–water partition coefficient (Wildman–Crippen LogP) is 0.445. The summed E-state index contributed by atoms with van der Waals surface area (Å²) in [5.74, 6) is -0.466. The fraction of sp³-hybridized carbons (Fsp3) is 0.250. The second-order valence-corrected chi connectivity index (χ2v) is 3.82. The third kappa shape index (κ3) is 2.72. The van der Waals surface area contributed by atoms with Gasteiger partial charge in [-0.2, -0.15) is 0 Å². The van der Waals surface area contributed by atoms with Gasteiger partial charge in [-0.05, 0) is 0 Å². The molecule has 1 aromatic carbocycles. The van der Waals surface area contributed by atoms with Crippen molar-refractivity contribution in [3.8, 4) is 11.3 Å². The van der Waals surface area contributed by atoms with Crippen molar-refractivity contribution < 1.29 is 9.53 Å². The molecule has 2 N–H and O–H groups in total. The lowest BCUT2D eigenvalue weighted by molar-refractivity contribution is -0.142. The van der Waals surface area contributed by atoms with Crippen LogP contribution in [-0.2, 0) is 16.1 Å². The quantitative estimate of drug-likeness (QED) is 0.792. The Hall–Kier alpha value is -2.21. The summed E-state index contributed by atoms with van der Waals surface area (Å²) in [7, 11) is 1.30. The highest BCUT2D eigenvalue weighted by Gasteiger charge is 2.15. The van der Waals surface area contributed by atoms with E-state index < -0.39 is 12.0 Å². The van der Waals surface area contributed by atoms with Crippen molar-refractivity contribution in [1.82, 2.24) is 15.0 Å². The number of methoxy groups -OCH3 is 1. The molecule has 0 saturated heterocycles. The van der Waals surface area contributed by atoms with Gasteiger partial charge in [0.2, 0.25) is 0 Å². The van der Waals surface area contributed by atoms with Gasteiger partial charge in [-0.15, -0.1) is 5.10 Å². The summed E-state index contributed by atoms with van der Waals surface area (Å²) in [4.78, 5) is 11.2. The lowest BCUT2D eigenvalue weighted by Crippen LogP contribution is -2.36. The Morgan fingerprint density at radius 1 is 1.44 bits per heavy atom. The van der Waals surface area contributed by atoms with Gasteiger partial charge in [-0.3, -0.25) is 4.79 Å². The van der Waals surface area contributed by atoms with Crippen LogP contribution in [0.25, 0.3) is 11.3 Å². The fourth-order valence-corrected chi connectivity index (χ4v) is 1.56. The summed E-state index contributed by atoms with van der Waals surface area (Å²) in [6.07, 6.45) is 1.75. The molecule has 0 fully saturated rings. The highest BCUT2D eigenvalue weighted by atomic mass is 16.5. The number of aromatic nitrogens is 3. The van der Waals surface area contributed by atoms with E-state index in [-0.39, 0.29) is 6.54 Å². The number of carbonyl (C=O) groups is 1. The first-order valence-corrected chi connectivity index (χ1v) is 5.49. The molecule has 94 valence electrons. The number of nitrogens with two attached hydrogens (primary N) is 1. The maximum Gasteiger partial charge on any atom is 0.324 e. The molecule has 0 amide bonds. The Balaban J connectivity index is 2.09. The maximum absolute atomic E-state index is 11.2. The monoisotopic (exact) mass is 246 g/mol. The van der Waals surface area contributed by atoms with Crippen molar-refractivity contribution in [3.63, 3.8) is 0 Å². The van der Waals surface area contributed by atoms with Crippen LogP contribution < -0.4 is 5.73 Å². The van der Waals surface area contributed by atoms with Crippen LogP contribution in [0.3, 0.4) is 0 Å². The maximum atomic E-state index is 11.2. The van der Waals surface area contributed by atoms with E-state index in [1.165, 1.54) is 11.8 Å². The van der Waals surface area contributed by atoms with Crippen LogP contribution in [-0.4, -0.2) is 34.1 Å². The molecule has 0 unspecified atom stereocenters. The minimum absolute atomic E-state index is 0.243. The Kier molecular flexibility index (Phi) is 3.69. The molecule has 0 radical (unpaired) electrons. The van der Waals surface area contributed by atoms with Crippen molar-refractivity contribution in [2.24, 2.45) is 5.73 Å². The normalized spacial score (nSPS) is 12.1. The zero-order chi connectivity index (χ0) is 13.0. The van der Waals surface area contributed by atoms with Gasteiger partial charge < -0.3 is 10.5 Å². The molecule has 6 heteroatoms. The number of rotatable bonds is 4. The highest BCUT2D eigenvalue weighted by molar-refractivity contribution is 5.75. The molecule has 2 aromatic rings. The van der Waals surface area contributed by atoms with Gasteiger partial charge in [0.05, 0.1) is 19.9 Å². The van der Waals surface area contributed by atoms with Crippen LogP contribution in [0, 0.1) is 0 Å². The van der Waals surface area contributed by atoms with Crippen molar-refractivity contribution >= 4 is 5.97 Å². The summed E-state index contributed by atoms with van der Waals surface area (Å²) in [6, 6.07) is 8.92. The molecule has 0 aliphatic heterocycles. The second-order valence-electron chi connectivity index (χ2n) is 3.82. The van der Waals surface area contributed by atoms with Crippen molar-refractivity contribution in [2.75, 3.05) is 7.11 Å². The van der Waals surface area contributed by atoms with E-state index in [1.54, 1.807) is 6.20 Å². The molecular formula is C12H14N4O2. The number of esters is 1. The number of ether oxygens (including phenoxy) is 1. The van der Waals surface area contributed by atoms with Crippen LogP contribution in [0.2, 0.25) is 0 Å². The SMILES string of the molecule is COC(=O)[C@H](N)Cn1cc(-c2ccccc2)nn1. The van der Waals surface area contributed by atoms with Gasteiger partial charge >= 0.3 is 5.97 Å². The molecule has 0 spiro atoms. The minimum atomic E-state index is -0.736. The lowest BCUT2D eigenvalue weighted by Gasteiger charge is -2.07. The van der Waals surface area contributed by atoms with E-state index in [0.717, 1.165) is 11.3 Å². The predicted molar refractivity (Wildman–Crippen MR) is 65.4 cm³/mol. The molecule has 0 aliphatic carbocycles. The Bertz CT molecular complexity index is 524. The zero-order valence-electron chi connectivity index (χ0n) is 9.98. The molecule has 1 aromatic heterocycles. The highest BCUT2D eigenvalue weighted by Crippen LogP contribution is 2.14. The van der Waals surface area contributed by atoms with E-state index in [0.29, 0.717) is 0 Å². The molecule has 0 aliphatic rings. The van der Waals surface area contributed by atoms with E-state index in [4.69, 9.17) is 5.73 Å². The van der Waals surface area contributed by atoms with Gasteiger partial charge in [0.25, 0.3) is 0 Å². The fourth-order valence-electron chi connectivity index (χ4n) is 1.56. The van der Waals surface area contributed by atoms with Gasteiger partial charge in [-0.25, -0.2) is 4.68 Å². The minimum Gasteiger partial charge on any atom is -0.468 e. The second kappa shape index (κ2) is 5.42. The molecule has 18 heavy (non-hydrogen) atoms. The average Bonchev–Trinajstić information content (AvgIpc) is 2.87. The number of hydrogen-bond donors (Lipinski definition) is 1. The Morgan fingerprint density at radius 2 is 2.17 bits per heavy atom. The smallest absolute Gasteiger partial charge is 0.324 e. The summed E-state index contributed by atoms with van der Waals surface area (Å²) < 4.78 is 6.08. The van der Waals surface area contributed by atoms with Crippen LogP contribution in [0.15, 0.2) is 36.5 Å². The van der Waals surface area contributed by atoms with Crippen LogP contribution >= 0.6 is 0 Å². The Morgan fingerprint density at radius 3 is 2.83 bits per heavy atom. The third-order valence-corrected chi connectivity index (χ3v) is 2.50. The largest absolute Gasteiger partial charge is 0.468 e. The third-order valence-electron chi connectivity index (χ3n) is 2.50. The summed E-state index contributed by atoms with van der Waals surface area (Å²) in [5.41, 5.74) is 7.36. The standard InChI is InChI=1S/C12H14N4O2/c1-18-12(17)10(13)7-16-8-11(14-15-16)9-5-3-2-4-6-9/h2-6,8,10H,7,13H2,1H3/t10-/m1/s1. The van der Waals surface area contributed by atoms with E-state index in [1.807, 2.05) is 30.3 Å². The summed E-state index contributed by atoms with van der Waals surface area (Å²) in [5, 5.41) is 7.96. The summed E-state index contributed by atoms with van der Waals surface area (Å²) in [6.45, 7) is 0.243. The van der Waals surface area contributed by atoms with E-state index >= 15 is 0 Å². The molecule has 2 rings (SSSR count). The van der Waals surface area contributed by atoms with E-state index in [9.17, 15) is 4.79 Å². The lowest BCUT2D eigenvalue weighted by atomic mass is 10.2. The number of benzene rings is 1. The molecule has 1 heterocycles. The van der Waals surface area contributed by atoms with Crippen LogP contribution in [0.1, 0.15) is 0 Å². The number of nitrogens with zero attached hydrogens (tertiary/aromatic N) is 3. The number of hydrogen-bond acceptors (Lipinski definition) is 5. The zero-order valence-corrected chi connectivity index (χ0v) is 9.98.